The Hall–Kier alpha value is -2.98. The predicted octanol–water partition coefficient (Wildman–Crippen LogP) is 4.30. The molecule has 2 aromatic rings. The van der Waals surface area contributed by atoms with E-state index in [0.717, 1.165) is 24.4 Å². The van der Waals surface area contributed by atoms with Gasteiger partial charge in [-0.15, -0.1) is 0 Å². The van der Waals surface area contributed by atoms with Gasteiger partial charge in [0.2, 0.25) is 0 Å². The predicted molar refractivity (Wildman–Crippen MR) is 89.3 cm³/mol. The Labute approximate surface area is 161 Å². The Morgan fingerprint density at radius 3 is 2.38 bits per heavy atom. The highest BCUT2D eigenvalue weighted by atomic mass is 19.4. The number of hydrogen-bond donors (Lipinski definition) is 1. The maximum absolute atomic E-state index is 12.7. The van der Waals surface area contributed by atoms with Crippen LogP contribution in [0.3, 0.4) is 0 Å². The van der Waals surface area contributed by atoms with Crippen molar-refractivity contribution in [2.45, 2.75) is 25.3 Å². The fourth-order valence-electron chi connectivity index (χ4n) is 2.17. The van der Waals surface area contributed by atoms with Gasteiger partial charge in [0.1, 0.15) is 11.5 Å². The zero-order valence-corrected chi connectivity index (χ0v) is 15.0. The molecule has 0 fully saturated rings. The average molecular weight is 422 g/mol. The van der Waals surface area contributed by atoms with Gasteiger partial charge in [-0.1, -0.05) is 6.07 Å². The third kappa shape index (κ3) is 7.51. The molecule has 1 amide bonds. The van der Waals surface area contributed by atoms with Crippen molar-refractivity contribution >= 4 is 5.91 Å². The van der Waals surface area contributed by atoms with Crippen LogP contribution in [0, 0.1) is 0 Å². The monoisotopic (exact) mass is 422 g/mol. The maximum atomic E-state index is 12.7. The zero-order valence-electron chi connectivity index (χ0n) is 15.0. The van der Waals surface area contributed by atoms with Gasteiger partial charge >= 0.3 is 12.4 Å². The van der Waals surface area contributed by atoms with Crippen molar-refractivity contribution in [2.75, 3.05) is 13.2 Å². The van der Waals surface area contributed by atoms with Gasteiger partial charge in [-0.25, -0.2) is 0 Å². The van der Waals surface area contributed by atoms with Gasteiger partial charge in [0.25, 0.3) is 5.91 Å². The zero-order chi connectivity index (χ0) is 21.7. The molecule has 0 aliphatic carbocycles. The molecule has 0 saturated heterocycles. The lowest BCUT2D eigenvalue weighted by Crippen LogP contribution is -2.31. The highest BCUT2D eigenvalue weighted by Gasteiger charge is 2.30. The molecule has 2 rings (SSSR count). The first-order valence-corrected chi connectivity index (χ1v) is 8.19. The summed E-state index contributed by atoms with van der Waals surface area (Å²) < 4.78 is 83.9. The number of pyridine rings is 1. The lowest BCUT2D eigenvalue weighted by molar-refractivity contribution is -0.153. The summed E-state index contributed by atoms with van der Waals surface area (Å²) >= 11 is 0. The third-order valence-corrected chi connectivity index (χ3v) is 3.51. The summed E-state index contributed by atoms with van der Waals surface area (Å²) in [4.78, 5) is 15.8. The first kappa shape index (κ1) is 22.3. The van der Waals surface area contributed by atoms with E-state index in [2.05, 4.69) is 15.0 Å². The first-order valence-electron chi connectivity index (χ1n) is 8.19. The lowest BCUT2D eigenvalue weighted by Gasteiger charge is -2.15. The van der Waals surface area contributed by atoms with Crippen LogP contribution in [0.4, 0.5) is 26.3 Å². The number of halogens is 6. The van der Waals surface area contributed by atoms with E-state index < -0.39 is 43.1 Å². The molecule has 5 nitrogen and oxygen atoms in total. The molecule has 0 bridgehead atoms. The van der Waals surface area contributed by atoms with Crippen molar-refractivity contribution in [3.05, 3.63) is 53.9 Å². The fraction of sp³-hybridized carbons (Fsp3) is 0.333. The van der Waals surface area contributed by atoms with Gasteiger partial charge in [0, 0.05) is 0 Å². The largest absolute Gasteiger partial charge is 0.484 e. The van der Waals surface area contributed by atoms with E-state index in [4.69, 9.17) is 4.74 Å². The summed E-state index contributed by atoms with van der Waals surface area (Å²) in [5.74, 6) is -0.821. The second kappa shape index (κ2) is 9.01. The second-order valence-corrected chi connectivity index (χ2v) is 5.93. The molecule has 1 aromatic carbocycles. The molecule has 1 heterocycles. The van der Waals surface area contributed by atoms with E-state index in [1.165, 1.54) is 18.2 Å². The number of carbonyl (C=O) groups is 1. The highest BCUT2D eigenvalue weighted by Crippen LogP contribution is 2.31. The molecule has 1 N–H and O–H groups in total. The number of amides is 1. The number of hydrogen-bond acceptors (Lipinski definition) is 4. The van der Waals surface area contributed by atoms with Gasteiger partial charge in [-0.3, -0.25) is 9.78 Å². The Kier molecular flexibility index (Phi) is 6.93. The molecule has 1 aromatic heterocycles. The molecule has 0 saturated carbocycles. The van der Waals surface area contributed by atoms with Crippen molar-refractivity contribution in [1.82, 2.24) is 10.3 Å². The molecular weight excluding hydrogens is 406 g/mol. The van der Waals surface area contributed by atoms with Gasteiger partial charge in [-0.2, -0.15) is 26.3 Å². The maximum Gasteiger partial charge on any atom is 0.422 e. The van der Waals surface area contributed by atoms with Crippen LogP contribution in [-0.4, -0.2) is 30.3 Å². The standard InChI is InChI=1S/C18H16F6N2O3/c1-11(15-6-5-14(8-25-15)29-10-17(19,20)21)26-16(27)9-28-13-4-2-3-12(7-13)18(22,23)24/h2-8,11H,9-10H2,1H3,(H,26,27). The van der Waals surface area contributed by atoms with Crippen LogP contribution in [0.2, 0.25) is 0 Å². The van der Waals surface area contributed by atoms with Crippen LogP contribution in [-0.2, 0) is 11.0 Å². The van der Waals surface area contributed by atoms with Crippen molar-refractivity contribution in [1.29, 1.82) is 0 Å². The smallest absolute Gasteiger partial charge is 0.422 e. The number of nitrogens with zero attached hydrogens (tertiary/aromatic N) is 1. The van der Waals surface area contributed by atoms with E-state index in [1.807, 2.05) is 0 Å². The summed E-state index contributed by atoms with van der Waals surface area (Å²) in [6, 6.07) is 6.13. The van der Waals surface area contributed by atoms with Crippen molar-refractivity contribution in [3.8, 4) is 11.5 Å². The van der Waals surface area contributed by atoms with Gasteiger partial charge in [0.15, 0.2) is 13.2 Å². The summed E-state index contributed by atoms with van der Waals surface area (Å²) in [5, 5.41) is 2.52. The van der Waals surface area contributed by atoms with Crippen molar-refractivity contribution in [2.24, 2.45) is 0 Å². The van der Waals surface area contributed by atoms with Crippen LogP contribution in [0.25, 0.3) is 0 Å². The van der Waals surface area contributed by atoms with Crippen LogP contribution in [0.1, 0.15) is 24.2 Å². The summed E-state index contributed by atoms with van der Waals surface area (Å²) in [6.07, 6.45) is -7.92. The first-order chi connectivity index (χ1) is 13.4. The van der Waals surface area contributed by atoms with Crippen LogP contribution in [0.15, 0.2) is 42.6 Å². The van der Waals surface area contributed by atoms with Crippen molar-refractivity contribution < 1.29 is 40.6 Å². The number of carbonyl (C=O) groups excluding carboxylic acids is 1. The number of ether oxygens (including phenoxy) is 2. The Balaban J connectivity index is 1.86. The molecule has 0 aliphatic rings. The number of alkyl halides is 6. The minimum absolute atomic E-state index is 0.0857. The van der Waals surface area contributed by atoms with Gasteiger partial charge in [-0.05, 0) is 37.3 Å². The van der Waals surface area contributed by atoms with E-state index in [0.29, 0.717) is 5.69 Å². The summed E-state index contributed by atoms with van der Waals surface area (Å²) in [5.41, 5.74) is -0.558. The molecule has 0 spiro atoms. The van der Waals surface area contributed by atoms with Gasteiger partial charge < -0.3 is 14.8 Å². The van der Waals surface area contributed by atoms with Crippen LogP contribution >= 0.6 is 0 Å². The highest BCUT2D eigenvalue weighted by molar-refractivity contribution is 5.77. The molecule has 1 unspecified atom stereocenters. The molecule has 29 heavy (non-hydrogen) atoms. The Morgan fingerprint density at radius 1 is 1.07 bits per heavy atom. The molecule has 1 atom stereocenters. The normalized spacial score (nSPS) is 12.9. The van der Waals surface area contributed by atoms with E-state index >= 15 is 0 Å². The van der Waals surface area contributed by atoms with Crippen LogP contribution in [0.5, 0.6) is 11.5 Å². The summed E-state index contributed by atoms with van der Waals surface area (Å²) in [6.45, 7) is -0.410. The Bertz CT molecular complexity index is 822. The molecule has 0 radical (unpaired) electrons. The minimum Gasteiger partial charge on any atom is -0.484 e. The average Bonchev–Trinajstić information content (AvgIpc) is 2.64. The van der Waals surface area contributed by atoms with E-state index in [9.17, 15) is 31.1 Å². The number of rotatable bonds is 7. The Morgan fingerprint density at radius 2 is 1.79 bits per heavy atom. The molecule has 0 aliphatic heterocycles. The van der Waals surface area contributed by atoms with Gasteiger partial charge in [0.05, 0.1) is 23.5 Å². The number of benzene rings is 1. The van der Waals surface area contributed by atoms with E-state index in [1.54, 1.807) is 6.92 Å². The topological polar surface area (TPSA) is 60.5 Å². The molecule has 158 valence electrons. The fourth-order valence-corrected chi connectivity index (χ4v) is 2.17. The lowest BCUT2D eigenvalue weighted by atomic mass is 10.2. The SMILES string of the molecule is CC(NC(=O)COc1cccc(C(F)(F)F)c1)c1ccc(OCC(F)(F)F)cn1. The molecule has 11 heteroatoms. The second-order valence-electron chi connectivity index (χ2n) is 5.93. The van der Waals surface area contributed by atoms with Crippen LogP contribution < -0.4 is 14.8 Å². The quantitative estimate of drug-likeness (QED) is 0.676. The number of aromatic nitrogens is 1. The summed E-state index contributed by atoms with van der Waals surface area (Å²) in [7, 11) is 0. The number of nitrogens with one attached hydrogen (secondary N) is 1. The van der Waals surface area contributed by atoms with Crippen molar-refractivity contribution in [3.63, 3.8) is 0 Å². The third-order valence-electron chi connectivity index (χ3n) is 3.51. The minimum atomic E-state index is -4.53. The van der Waals surface area contributed by atoms with E-state index in [-0.39, 0.29) is 11.5 Å². The molecular formula is C18H16F6N2O3.